The van der Waals surface area contributed by atoms with Crippen LogP contribution in [0.5, 0.6) is 0 Å². The summed E-state index contributed by atoms with van der Waals surface area (Å²) >= 11 is 0. The predicted molar refractivity (Wildman–Crippen MR) is 103 cm³/mol. The Bertz CT molecular complexity index is 783. The molecule has 148 valence electrons. The molecule has 27 heavy (non-hydrogen) atoms. The van der Waals surface area contributed by atoms with E-state index in [9.17, 15) is 18.0 Å². The summed E-state index contributed by atoms with van der Waals surface area (Å²) in [4.78, 5) is 24.0. The largest absolute Gasteiger partial charge is 0.455 e. The first kappa shape index (κ1) is 21.1. The van der Waals surface area contributed by atoms with Gasteiger partial charge in [-0.1, -0.05) is 26.0 Å². The average Bonchev–Trinajstić information content (AvgIpc) is 2.68. The maximum atomic E-state index is 12.4. The number of rotatable bonds is 8. The molecule has 0 bridgehead atoms. The Balaban J connectivity index is 1.89. The number of sulfonamides is 1. The van der Waals surface area contributed by atoms with Crippen molar-refractivity contribution in [1.82, 2.24) is 4.31 Å². The van der Waals surface area contributed by atoms with E-state index in [-0.39, 0.29) is 23.4 Å². The first-order valence-corrected chi connectivity index (χ1v) is 10.5. The minimum Gasteiger partial charge on any atom is -0.455 e. The molecule has 8 heteroatoms. The SMILES string of the molecule is CCN(CC)S(=O)(=O)c1ccc(NC(=O)COC(=O)[C@H]2CC=CCC2)cc1. The number of hydrogen-bond donors (Lipinski definition) is 1. The molecule has 0 saturated carbocycles. The summed E-state index contributed by atoms with van der Waals surface area (Å²) in [5.41, 5.74) is 0.440. The van der Waals surface area contributed by atoms with Gasteiger partial charge in [0.25, 0.3) is 5.91 Å². The molecular weight excluding hydrogens is 368 g/mol. The van der Waals surface area contributed by atoms with Crippen LogP contribution in [0.25, 0.3) is 0 Å². The van der Waals surface area contributed by atoms with E-state index in [0.717, 1.165) is 12.8 Å². The van der Waals surface area contributed by atoms with Crippen molar-refractivity contribution in [3.63, 3.8) is 0 Å². The van der Waals surface area contributed by atoms with Crippen molar-refractivity contribution >= 4 is 27.6 Å². The van der Waals surface area contributed by atoms with Gasteiger partial charge in [-0.3, -0.25) is 9.59 Å². The van der Waals surface area contributed by atoms with E-state index < -0.39 is 15.9 Å². The highest BCUT2D eigenvalue weighted by atomic mass is 32.2. The highest BCUT2D eigenvalue weighted by Crippen LogP contribution is 2.20. The fraction of sp³-hybridized carbons (Fsp3) is 0.474. The summed E-state index contributed by atoms with van der Waals surface area (Å²) in [6.45, 7) is 3.97. The molecule has 0 aliphatic heterocycles. The lowest BCUT2D eigenvalue weighted by Gasteiger charge is -2.18. The van der Waals surface area contributed by atoms with Gasteiger partial charge in [0.15, 0.2) is 6.61 Å². The summed E-state index contributed by atoms with van der Waals surface area (Å²) in [6.07, 6.45) is 6.20. The molecule has 1 aliphatic rings. The highest BCUT2D eigenvalue weighted by molar-refractivity contribution is 7.89. The Hall–Kier alpha value is -2.19. The number of carbonyl (C=O) groups is 2. The average molecular weight is 394 g/mol. The van der Waals surface area contributed by atoms with Crippen molar-refractivity contribution in [2.75, 3.05) is 25.0 Å². The first-order chi connectivity index (χ1) is 12.9. The molecule has 1 aromatic carbocycles. The van der Waals surface area contributed by atoms with E-state index in [1.54, 1.807) is 13.8 Å². The van der Waals surface area contributed by atoms with Gasteiger partial charge in [-0.25, -0.2) is 8.42 Å². The lowest BCUT2D eigenvalue weighted by molar-refractivity contribution is -0.151. The van der Waals surface area contributed by atoms with Crippen LogP contribution in [0.2, 0.25) is 0 Å². The van der Waals surface area contributed by atoms with Crippen LogP contribution in [-0.4, -0.2) is 44.3 Å². The normalized spacial score (nSPS) is 16.9. The van der Waals surface area contributed by atoms with Crippen LogP contribution in [0.4, 0.5) is 5.69 Å². The Morgan fingerprint density at radius 3 is 2.37 bits per heavy atom. The van der Waals surface area contributed by atoms with Gasteiger partial charge in [-0.05, 0) is 43.5 Å². The van der Waals surface area contributed by atoms with E-state index in [2.05, 4.69) is 5.32 Å². The second-order valence-electron chi connectivity index (χ2n) is 6.25. The molecule has 0 unspecified atom stereocenters. The summed E-state index contributed by atoms with van der Waals surface area (Å²) in [7, 11) is -3.53. The number of allylic oxidation sites excluding steroid dienone is 2. The van der Waals surface area contributed by atoms with Gasteiger partial charge < -0.3 is 10.1 Å². The number of benzene rings is 1. The number of nitrogens with zero attached hydrogens (tertiary/aromatic N) is 1. The van der Waals surface area contributed by atoms with Gasteiger partial charge in [0, 0.05) is 18.8 Å². The third kappa shape index (κ3) is 5.64. The molecule has 1 atom stereocenters. The number of hydrogen-bond acceptors (Lipinski definition) is 5. The lowest BCUT2D eigenvalue weighted by atomic mass is 9.95. The number of esters is 1. The number of ether oxygens (including phenoxy) is 1. The Kier molecular flexibility index (Phi) is 7.55. The van der Waals surface area contributed by atoms with Crippen LogP contribution in [-0.2, 0) is 24.3 Å². The third-order valence-electron chi connectivity index (χ3n) is 4.43. The minimum atomic E-state index is -3.53. The molecule has 1 amide bonds. The zero-order valence-electron chi connectivity index (χ0n) is 15.7. The first-order valence-electron chi connectivity index (χ1n) is 9.10. The molecule has 0 spiro atoms. The highest BCUT2D eigenvalue weighted by Gasteiger charge is 2.22. The Morgan fingerprint density at radius 1 is 1.15 bits per heavy atom. The standard InChI is InChI=1S/C19H26N2O5S/c1-3-21(4-2)27(24,25)17-12-10-16(11-13-17)20-18(22)14-26-19(23)15-8-6-5-7-9-15/h5-6,10-13,15H,3-4,7-9,14H2,1-2H3,(H,20,22)/t15-/m0/s1. The van der Waals surface area contributed by atoms with E-state index in [1.165, 1.54) is 28.6 Å². The van der Waals surface area contributed by atoms with Crippen molar-refractivity contribution in [1.29, 1.82) is 0 Å². The molecule has 7 nitrogen and oxygen atoms in total. The monoisotopic (exact) mass is 394 g/mol. The summed E-state index contributed by atoms with van der Waals surface area (Å²) in [6, 6.07) is 5.93. The van der Waals surface area contributed by atoms with Crippen LogP contribution in [0, 0.1) is 5.92 Å². The van der Waals surface area contributed by atoms with E-state index >= 15 is 0 Å². The molecule has 0 saturated heterocycles. The smallest absolute Gasteiger partial charge is 0.309 e. The van der Waals surface area contributed by atoms with Crippen LogP contribution in [0.15, 0.2) is 41.3 Å². The van der Waals surface area contributed by atoms with Crippen molar-refractivity contribution in [2.45, 2.75) is 38.0 Å². The number of anilines is 1. The van der Waals surface area contributed by atoms with Crippen molar-refractivity contribution in [2.24, 2.45) is 5.92 Å². The minimum absolute atomic E-state index is 0.168. The molecular formula is C19H26N2O5S. The summed E-state index contributed by atoms with van der Waals surface area (Å²) in [5.74, 6) is -1.02. The maximum Gasteiger partial charge on any atom is 0.309 e. The number of carbonyl (C=O) groups excluding carboxylic acids is 2. The Morgan fingerprint density at radius 2 is 1.81 bits per heavy atom. The van der Waals surface area contributed by atoms with Gasteiger partial charge in [-0.2, -0.15) is 4.31 Å². The van der Waals surface area contributed by atoms with Crippen LogP contribution in [0.1, 0.15) is 33.1 Å². The van der Waals surface area contributed by atoms with Gasteiger partial charge >= 0.3 is 5.97 Å². The van der Waals surface area contributed by atoms with Gasteiger partial charge in [-0.15, -0.1) is 0 Å². The van der Waals surface area contributed by atoms with Crippen LogP contribution in [0.3, 0.4) is 0 Å². The zero-order chi connectivity index (χ0) is 19.9. The molecule has 0 aromatic heterocycles. The molecule has 1 aromatic rings. The van der Waals surface area contributed by atoms with Crippen LogP contribution >= 0.6 is 0 Å². The van der Waals surface area contributed by atoms with Crippen molar-refractivity contribution in [3.8, 4) is 0 Å². The van der Waals surface area contributed by atoms with E-state index in [1.807, 2.05) is 12.2 Å². The molecule has 0 fully saturated rings. The van der Waals surface area contributed by atoms with E-state index in [4.69, 9.17) is 4.74 Å². The second-order valence-corrected chi connectivity index (χ2v) is 8.19. The molecule has 1 aliphatic carbocycles. The second kappa shape index (κ2) is 9.66. The summed E-state index contributed by atoms with van der Waals surface area (Å²) in [5, 5.41) is 2.60. The topological polar surface area (TPSA) is 92.8 Å². The van der Waals surface area contributed by atoms with Crippen molar-refractivity contribution in [3.05, 3.63) is 36.4 Å². The fourth-order valence-corrected chi connectivity index (χ4v) is 4.34. The van der Waals surface area contributed by atoms with Gasteiger partial charge in [0.1, 0.15) is 0 Å². The Labute approximate surface area is 160 Å². The molecule has 0 heterocycles. The number of nitrogens with one attached hydrogen (secondary N) is 1. The van der Waals surface area contributed by atoms with Gasteiger partial charge in [0.05, 0.1) is 10.8 Å². The zero-order valence-corrected chi connectivity index (χ0v) is 16.5. The molecule has 2 rings (SSSR count). The fourth-order valence-electron chi connectivity index (χ4n) is 2.88. The lowest BCUT2D eigenvalue weighted by Crippen LogP contribution is -2.30. The predicted octanol–water partition coefficient (Wildman–Crippen LogP) is 2.56. The third-order valence-corrected chi connectivity index (χ3v) is 6.49. The number of amides is 1. The van der Waals surface area contributed by atoms with Crippen molar-refractivity contribution < 1.29 is 22.7 Å². The molecule has 0 radical (unpaired) electrons. The summed E-state index contributed by atoms with van der Waals surface area (Å²) < 4.78 is 31.3. The van der Waals surface area contributed by atoms with Crippen LogP contribution < -0.4 is 5.32 Å². The van der Waals surface area contributed by atoms with Gasteiger partial charge in [0.2, 0.25) is 10.0 Å². The quantitative estimate of drug-likeness (QED) is 0.540. The maximum absolute atomic E-state index is 12.4. The van der Waals surface area contributed by atoms with E-state index in [0.29, 0.717) is 25.2 Å². The molecule has 1 N–H and O–H groups in total.